The van der Waals surface area contributed by atoms with Crippen LogP contribution in [0.1, 0.15) is 15.9 Å². The number of hydrogen-bond donors (Lipinski definition) is 5. The predicted molar refractivity (Wildman–Crippen MR) is 89.7 cm³/mol. The van der Waals surface area contributed by atoms with E-state index in [-0.39, 0.29) is 28.5 Å². The molecule has 0 bridgehead atoms. The number of carbonyl (C=O) groups excluding carboxylic acids is 1. The monoisotopic (exact) mass is 338 g/mol. The molecule has 7 heteroatoms. The van der Waals surface area contributed by atoms with Crippen LogP contribution in [0.4, 0.5) is 0 Å². The van der Waals surface area contributed by atoms with Crippen molar-refractivity contribution in [2.45, 2.75) is 0 Å². The van der Waals surface area contributed by atoms with Gasteiger partial charge in [0.05, 0.1) is 0 Å². The lowest BCUT2D eigenvalue weighted by molar-refractivity contribution is 0.0967. The lowest BCUT2D eigenvalue weighted by Crippen LogP contribution is -2.21. The van der Waals surface area contributed by atoms with Crippen LogP contribution in [0.2, 0.25) is 0 Å². The quantitative estimate of drug-likeness (QED) is 0.330. The number of phenolic OH excluding ortho intramolecular Hbond substituents is 4. The Bertz CT molecular complexity index is 910. The number of phenols is 4. The number of hydrogen-bond acceptors (Lipinski definition) is 6. The summed E-state index contributed by atoms with van der Waals surface area (Å²) in [4.78, 5) is 12.0. The Morgan fingerprint density at radius 2 is 1.60 bits per heavy atom. The first-order valence-electron chi connectivity index (χ1n) is 7.04. The summed E-state index contributed by atoms with van der Waals surface area (Å²) >= 11 is 0. The van der Waals surface area contributed by atoms with Crippen molar-refractivity contribution < 1.29 is 25.2 Å². The molecule has 0 saturated carbocycles. The molecule has 0 atom stereocenters. The highest BCUT2D eigenvalue weighted by atomic mass is 16.3. The molecule has 2 aromatic carbocycles. The Morgan fingerprint density at radius 1 is 0.960 bits per heavy atom. The molecule has 5 N–H and O–H groups in total. The van der Waals surface area contributed by atoms with Gasteiger partial charge in [-0.1, -0.05) is 18.2 Å². The molecule has 0 radical (unpaired) electrons. The van der Waals surface area contributed by atoms with Gasteiger partial charge in [-0.25, -0.2) is 0 Å². The fourth-order valence-corrected chi connectivity index (χ4v) is 1.87. The van der Waals surface area contributed by atoms with E-state index in [0.29, 0.717) is 5.56 Å². The van der Waals surface area contributed by atoms with E-state index in [1.54, 1.807) is 12.1 Å². The van der Waals surface area contributed by atoms with Crippen LogP contribution < -0.4 is 5.32 Å². The zero-order valence-electron chi connectivity index (χ0n) is 12.8. The minimum absolute atomic E-state index is 0.0446. The van der Waals surface area contributed by atoms with E-state index in [2.05, 4.69) is 5.32 Å². The van der Waals surface area contributed by atoms with Crippen LogP contribution in [0.15, 0.2) is 54.2 Å². The third-order valence-corrected chi connectivity index (χ3v) is 3.16. The van der Waals surface area contributed by atoms with Crippen LogP contribution in [-0.2, 0) is 0 Å². The Morgan fingerprint density at radius 3 is 2.20 bits per heavy atom. The van der Waals surface area contributed by atoms with Crippen LogP contribution in [0.25, 0.3) is 6.08 Å². The van der Waals surface area contributed by atoms with E-state index in [1.165, 1.54) is 30.4 Å². The molecule has 0 aliphatic carbocycles. The molecule has 0 unspecified atom stereocenters. The molecule has 0 aliphatic heterocycles. The number of aromatic hydroxyl groups is 4. The fourth-order valence-electron chi connectivity index (χ4n) is 1.87. The van der Waals surface area contributed by atoms with Crippen LogP contribution >= 0.6 is 0 Å². The molecule has 0 spiro atoms. The summed E-state index contributed by atoms with van der Waals surface area (Å²) in [5.74, 6) is -1.93. The van der Waals surface area contributed by atoms with Crippen molar-refractivity contribution in [3.05, 3.63) is 65.4 Å². The average molecular weight is 338 g/mol. The number of amides is 1. The summed E-state index contributed by atoms with van der Waals surface area (Å²) in [5.41, 5.74) is 0.610. The van der Waals surface area contributed by atoms with Gasteiger partial charge in [0.25, 0.3) is 5.91 Å². The van der Waals surface area contributed by atoms with Crippen LogP contribution in [0.5, 0.6) is 23.0 Å². The molecule has 2 aromatic rings. The van der Waals surface area contributed by atoms with Crippen molar-refractivity contribution in [1.82, 2.24) is 5.32 Å². The van der Waals surface area contributed by atoms with Gasteiger partial charge in [-0.3, -0.25) is 4.79 Å². The summed E-state index contributed by atoms with van der Waals surface area (Å²) < 4.78 is 0. The molecule has 126 valence electrons. The molecule has 0 heterocycles. The minimum Gasteiger partial charge on any atom is -0.504 e. The van der Waals surface area contributed by atoms with E-state index < -0.39 is 11.7 Å². The van der Waals surface area contributed by atoms with E-state index >= 15 is 0 Å². The van der Waals surface area contributed by atoms with Gasteiger partial charge in [-0.15, -0.1) is 0 Å². The highest BCUT2D eigenvalue weighted by Crippen LogP contribution is 2.26. The summed E-state index contributed by atoms with van der Waals surface area (Å²) in [5, 5.41) is 48.7. The van der Waals surface area contributed by atoms with Gasteiger partial charge in [-0.05, 0) is 42.0 Å². The van der Waals surface area contributed by atoms with Crippen LogP contribution in [-0.4, -0.2) is 26.3 Å². The summed E-state index contributed by atoms with van der Waals surface area (Å²) in [6, 6.07) is 9.57. The second-order valence-electron chi connectivity index (χ2n) is 4.96. The Hall–Kier alpha value is -3.92. The van der Waals surface area contributed by atoms with Crippen molar-refractivity contribution in [3.63, 3.8) is 0 Å². The molecule has 0 saturated heterocycles. The largest absolute Gasteiger partial charge is 0.504 e. The van der Waals surface area contributed by atoms with E-state index in [9.17, 15) is 25.2 Å². The van der Waals surface area contributed by atoms with Gasteiger partial charge < -0.3 is 25.7 Å². The van der Waals surface area contributed by atoms with Gasteiger partial charge in [0.1, 0.15) is 11.8 Å². The van der Waals surface area contributed by atoms with Crippen molar-refractivity contribution in [2.75, 3.05) is 0 Å². The van der Waals surface area contributed by atoms with E-state index in [0.717, 1.165) is 12.1 Å². The molecule has 0 aromatic heterocycles. The zero-order valence-corrected chi connectivity index (χ0v) is 12.8. The Labute approximate surface area is 143 Å². The van der Waals surface area contributed by atoms with E-state index in [1.807, 2.05) is 6.07 Å². The first-order valence-corrected chi connectivity index (χ1v) is 7.04. The number of nitrogens with zero attached hydrogens (tertiary/aromatic N) is 1. The van der Waals surface area contributed by atoms with Crippen LogP contribution in [0.3, 0.4) is 0 Å². The number of carbonyl (C=O) groups is 1. The molecule has 7 nitrogen and oxygen atoms in total. The lowest BCUT2D eigenvalue weighted by atomic mass is 10.1. The molecule has 2 rings (SSSR count). The van der Waals surface area contributed by atoms with Gasteiger partial charge in [0, 0.05) is 5.56 Å². The highest BCUT2D eigenvalue weighted by Gasteiger charge is 2.10. The fraction of sp³-hybridized carbons (Fsp3) is 0. The minimum atomic E-state index is -0.626. The summed E-state index contributed by atoms with van der Waals surface area (Å²) in [6.07, 6.45) is 4.40. The van der Waals surface area contributed by atoms with Gasteiger partial charge >= 0.3 is 0 Å². The summed E-state index contributed by atoms with van der Waals surface area (Å²) in [7, 11) is 0. The van der Waals surface area contributed by atoms with Crippen molar-refractivity contribution >= 4 is 12.0 Å². The molecular weight excluding hydrogens is 324 g/mol. The lowest BCUT2D eigenvalue weighted by Gasteiger charge is -2.04. The maximum absolute atomic E-state index is 12.0. The first kappa shape index (κ1) is 17.4. The number of nitrogens with one attached hydrogen (secondary N) is 1. The van der Waals surface area contributed by atoms with Gasteiger partial charge in [-0.2, -0.15) is 5.26 Å². The third kappa shape index (κ3) is 4.53. The normalized spacial score (nSPS) is 11.2. The van der Waals surface area contributed by atoms with Crippen molar-refractivity contribution in [2.24, 2.45) is 0 Å². The zero-order chi connectivity index (χ0) is 18.4. The highest BCUT2D eigenvalue weighted by molar-refractivity contribution is 5.96. The average Bonchev–Trinajstić information content (AvgIpc) is 2.59. The number of benzene rings is 2. The number of nitriles is 1. The molecular formula is C18H14N2O5. The van der Waals surface area contributed by atoms with Crippen molar-refractivity contribution in [3.8, 4) is 29.1 Å². The smallest absolute Gasteiger partial charge is 0.256 e. The maximum Gasteiger partial charge on any atom is 0.256 e. The standard InChI is InChI=1S/C18H14N2O5/c19-10-13(3-1-2-11-4-6-14(21)16(23)8-11)20-18(25)12-5-7-15(22)17(24)9-12/h1-9,21-24H,(H,20,25). The first-order chi connectivity index (χ1) is 11.9. The number of rotatable bonds is 4. The predicted octanol–water partition coefficient (Wildman–Crippen LogP) is 2.36. The summed E-state index contributed by atoms with van der Waals surface area (Å²) in [6.45, 7) is 0. The molecule has 0 aliphatic rings. The van der Waals surface area contributed by atoms with Crippen LogP contribution in [0, 0.1) is 11.3 Å². The molecule has 1 amide bonds. The van der Waals surface area contributed by atoms with Gasteiger partial charge in [0.2, 0.25) is 0 Å². The third-order valence-electron chi connectivity index (χ3n) is 3.16. The second kappa shape index (κ2) is 7.57. The van der Waals surface area contributed by atoms with E-state index in [4.69, 9.17) is 5.26 Å². The van der Waals surface area contributed by atoms with Crippen molar-refractivity contribution in [1.29, 1.82) is 5.26 Å². The molecule has 25 heavy (non-hydrogen) atoms. The molecule has 0 fully saturated rings. The maximum atomic E-state index is 12.0. The Kier molecular flexibility index (Phi) is 5.28. The topological polar surface area (TPSA) is 134 Å². The Balaban J connectivity index is 2.10. The van der Waals surface area contributed by atoms with Gasteiger partial charge in [0.15, 0.2) is 23.0 Å². The SMILES string of the molecule is N#CC(=CC=Cc1ccc(O)c(O)c1)NC(=O)c1ccc(O)c(O)c1. The second-order valence-corrected chi connectivity index (χ2v) is 4.96. The number of allylic oxidation sites excluding steroid dienone is 3.